The van der Waals surface area contributed by atoms with Crippen LogP contribution in [0.4, 0.5) is 5.69 Å². The average molecular weight is 323 g/mol. The topological polar surface area (TPSA) is 66.4 Å². The predicted octanol–water partition coefficient (Wildman–Crippen LogP) is 3.01. The van der Waals surface area contributed by atoms with Crippen molar-refractivity contribution in [1.82, 2.24) is 0 Å². The summed E-state index contributed by atoms with van der Waals surface area (Å²) in [5, 5.41) is 9.15. The molecule has 0 amide bonds. The van der Waals surface area contributed by atoms with Crippen LogP contribution in [-0.2, 0) is 16.6 Å². The number of sulfonamides is 1. The Morgan fingerprint density at radius 3 is 2.38 bits per heavy atom. The molecule has 4 nitrogen and oxygen atoms in total. The van der Waals surface area contributed by atoms with Crippen molar-refractivity contribution in [2.45, 2.75) is 23.3 Å². The molecule has 2 N–H and O–H groups in total. The summed E-state index contributed by atoms with van der Waals surface area (Å²) in [4.78, 5) is 1.25. The van der Waals surface area contributed by atoms with Crippen LogP contribution < -0.4 is 4.72 Å². The van der Waals surface area contributed by atoms with E-state index in [-0.39, 0.29) is 11.5 Å². The highest BCUT2D eigenvalue weighted by Gasteiger charge is 2.17. The van der Waals surface area contributed by atoms with Crippen LogP contribution in [0.5, 0.6) is 0 Å². The third-order valence-corrected chi connectivity index (χ3v) is 5.33. The summed E-state index contributed by atoms with van der Waals surface area (Å²) in [7, 11) is -3.66. The Hall–Kier alpha value is -1.50. The average Bonchev–Trinajstić information content (AvgIpc) is 2.48. The molecule has 0 heterocycles. The molecule has 2 rings (SSSR count). The molecule has 0 spiro atoms. The van der Waals surface area contributed by atoms with E-state index in [9.17, 15) is 8.42 Å². The normalized spacial score (nSPS) is 11.4. The van der Waals surface area contributed by atoms with E-state index in [0.29, 0.717) is 16.8 Å². The van der Waals surface area contributed by atoms with Gasteiger partial charge in [0.1, 0.15) is 0 Å². The fourth-order valence-electron chi connectivity index (χ4n) is 1.90. The standard InChI is InChI=1S/C15H17NO3S2/c1-11-3-4-12(10-17)9-15(11)21(18,19)16-13-5-7-14(20-2)8-6-13/h3-9,16-17H,10H2,1-2H3. The Morgan fingerprint density at radius 1 is 1.14 bits per heavy atom. The van der Waals surface area contributed by atoms with Gasteiger partial charge in [0.25, 0.3) is 10.0 Å². The molecule has 0 bridgehead atoms. The van der Waals surface area contributed by atoms with E-state index in [4.69, 9.17) is 5.11 Å². The lowest BCUT2D eigenvalue weighted by Gasteiger charge is -2.11. The van der Waals surface area contributed by atoms with Gasteiger partial charge in [0, 0.05) is 10.6 Å². The second kappa shape index (κ2) is 6.51. The van der Waals surface area contributed by atoms with Gasteiger partial charge < -0.3 is 5.11 Å². The van der Waals surface area contributed by atoms with Crippen molar-refractivity contribution in [3.05, 3.63) is 53.6 Å². The maximum Gasteiger partial charge on any atom is 0.262 e. The maximum absolute atomic E-state index is 12.4. The fourth-order valence-corrected chi connectivity index (χ4v) is 3.66. The number of hydrogen-bond donors (Lipinski definition) is 2. The Bertz CT molecular complexity index is 725. The zero-order valence-corrected chi connectivity index (χ0v) is 13.5. The van der Waals surface area contributed by atoms with E-state index in [2.05, 4.69) is 4.72 Å². The van der Waals surface area contributed by atoms with Crippen LogP contribution in [0.3, 0.4) is 0 Å². The number of nitrogens with one attached hydrogen (secondary N) is 1. The summed E-state index contributed by atoms with van der Waals surface area (Å²) in [6.07, 6.45) is 1.96. The zero-order valence-electron chi connectivity index (χ0n) is 11.8. The molecule has 0 aliphatic carbocycles. The molecule has 2 aromatic carbocycles. The lowest BCUT2D eigenvalue weighted by molar-refractivity contribution is 0.281. The molecule has 6 heteroatoms. The lowest BCUT2D eigenvalue weighted by atomic mass is 10.2. The van der Waals surface area contributed by atoms with E-state index in [1.807, 2.05) is 18.4 Å². The maximum atomic E-state index is 12.4. The minimum absolute atomic E-state index is 0.183. The molecular formula is C15H17NO3S2. The summed E-state index contributed by atoms with van der Waals surface area (Å²) in [6, 6.07) is 12.1. The molecule has 0 radical (unpaired) electrons. The van der Waals surface area contributed by atoms with E-state index >= 15 is 0 Å². The Kier molecular flexibility index (Phi) is 4.92. The van der Waals surface area contributed by atoms with Crippen molar-refractivity contribution < 1.29 is 13.5 Å². The van der Waals surface area contributed by atoms with Gasteiger partial charge in [0.2, 0.25) is 0 Å². The number of rotatable bonds is 5. The number of benzene rings is 2. The molecule has 0 aliphatic rings. The van der Waals surface area contributed by atoms with Crippen molar-refractivity contribution in [2.24, 2.45) is 0 Å². The van der Waals surface area contributed by atoms with Crippen LogP contribution in [-0.4, -0.2) is 19.8 Å². The minimum Gasteiger partial charge on any atom is -0.392 e. The molecule has 0 saturated carbocycles. The highest BCUT2D eigenvalue weighted by atomic mass is 32.2. The van der Waals surface area contributed by atoms with Gasteiger partial charge in [-0.05, 0) is 54.6 Å². The van der Waals surface area contributed by atoms with Gasteiger partial charge in [-0.1, -0.05) is 12.1 Å². The van der Waals surface area contributed by atoms with Crippen molar-refractivity contribution >= 4 is 27.5 Å². The summed E-state index contributed by atoms with van der Waals surface area (Å²) in [5.74, 6) is 0. The summed E-state index contributed by atoms with van der Waals surface area (Å²) in [5.41, 5.74) is 1.72. The van der Waals surface area contributed by atoms with Gasteiger partial charge in [-0.3, -0.25) is 4.72 Å². The number of anilines is 1. The predicted molar refractivity (Wildman–Crippen MR) is 86.1 cm³/mol. The highest BCUT2D eigenvalue weighted by Crippen LogP contribution is 2.23. The zero-order chi connectivity index (χ0) is 15.5. The first-order valence-corrected chi connectivity index (χ1v) is 9.04. The second-order valence-corrected chi connectivity index (χ2v) is 7.12. The molecule has 112 valence electrons. The van der Waals surface area contributed by atoms with E-state index in [0.717, 1.165) is 4.90 Å². The molecule has 21 heavy (non-hydrogen) atoms. The molecule has 0 saturated heterocycles. The Morgan fingerprint density at radius 2 is 1.81 bits per heavy atom. The van der Waals surface area contributed by atoms with E-state index < -0.39 is 10.0 Å². The Balaban J connectivity index is 2.33. The molecular weight excluding hydrogens is 306 g/mol. The number of aliphatic hydroxyl groups is 1. The lowest BCUT2D eigenvalue weighted by Crippen LogP contribution is -2.14. The van der Waals surface area contributed by atoms with Crippen molar-refractivity contribution in [3.63, 3.8) is 0 Å². The third kappa shape index (κ3) is 3.78. The van der Waals surface area contributed by atoms with Crippen molar-refractivity contribution in [1.29, 1.82) is 0 Å². The first-order valence-electron chi connectivity index (χ1n) is 6.33. The number of aliphatic hydroxyl groups excluding tert-OH is 1. The van der Waals surface area contributed by atoms with Crippen LogP contribution >= 0.6 is 11.8 Å². The van der Waals surface area contributed by atoms with Crippen LogP contribution in [0.25, 0.3) is 0 Å². The minimum atomic E-state index is -3.66. The van der Waals surface area contributed by atoms with Crippen LogP contribution in [0.15, 0.2) is 52.3 Å². The van der Waals surface area contributed by atoms with Crippen molar-refractivity contribution in [3.8, 4) is 0 Å². The molecule has 0 aliphatic heterocycles. The van der Waals surface area contributed by atoms with Gasteiger partial charge in [0.05, 0.1) is 11.5 Å². The molecule has 0 unspecified atom stereocenters. The van der Waals surface area contributed by atoms with E-state index in [1.165, 1.54) is 6.07 Å². The smallest absolute Gasteiger partial charge is 0.262 e. The SMILES string of the molecule is CSc1ccc(NS(=O)(=O)c2cc(CO)ccc2C)cc1. The monoisotopic (exact) mass is 323 g/mol. The second-order valence-electron chi connectivity index (χ2n) is 4.59. The fraction of sp³-hybridized carbons (Fsp3) is 0.200. The largest absolute Gasteiger partial charge is 0.392 e. The number of aryl methyl sites for hydroxylation is 1. The van der Waals surface area contributed by atoms with E-state index in [1.54, 1.807) is 43.0 Å². The molecule has 0 atom stereocenters. The first kappa shape index (κ1) is 15.9. The van der Waals surface area contributed by atoms with Crippen LogP contribution in [0.1, 0.15) is 11.1 Å². The summed E-state index contributed by atoms with van der Waals surface area (Å²) >= 11 is 1.59. The summed E-state index contributed by atoms with van der Waals surface area (Å²) in [6.45, 7) is 1.54. The third-order valence-electron chi connectivity index (χ3n) is 3.07. The molecule has 2 aromatic rings. The number of hydrogen-bond acceptors (Lipinski definition) is 4. The quantitative estimate of drug-likeness (QED) is 0.830. The molecule has 0 aromatic heterocycles. The Labute approximate surface area is 129 Å². The van der Waals surface area contributed by atoms with Gasteiger partial charge in [-0.2, -0.15) is 0 Å². The highest BCUT2D eigenvalue weighted by molar-refractivity contribution is 7.98. The van der Waals surface area contributed by atoms with Gasteiger partial charge in [-0.25, -0.2) is 8.42 Å². The van der Waals surface area contributed by atoms with Gasteiger partial charge >= 0.3 is 0 Å². The van der Waals surface area contributed by atoms with Crippen LogP contribution in [0.2, 0.25) is 0 Å². The summed E-state index contributed by atoms with van der Waals surface area (Å²) < 4.78 is 27.5. The van der Waals surface area contributed by atoms with Crippen molar-refractivity contribution in [2.75, 3.05) is 11.0 Å². The van der Waals surface area contributed by atoms with Gasteiger partial charge in [-0.15, -0.1) is 11.8 Å². The van der Waals surface area contributed by atoms with Crippen LogP contribution in [0, 0.1) is 6.92 Å². The van der Waals surface area contributed by atoms with Gasteiger partial charge in [0.15, 0.2) is 0 Å². The number of thioether (sulfide) groups is 1. The molecule has 0 fully saturated rings. The first-order chi connectivity index (χ1) is 9.96.